The van der Waals surface area contributed by atoms with Crippen molar-refractivity contribution in [1.29, 1.82) is 0 Å². The summed E-state index contributed by atoms with van der Waals surface area (Å²) >= 11 is 0. The standard InChI is InChI=1S/C17H22N6O4/c1-13-20-14(22-6-9-26-10-7-22)11-16(21-13)27-8-5-18-15(24)12-23-17(25)3-2-4-19-23/h2-4,11H,5-10,12H2,1H3,(H,18,24). The van der Waals surface area contributed by atoms with Crippen molar-refractivity contribution in [2.45, 2.75) is 13.5 Å². The van der Waals surface area contributed by atoms with Crippen LogP contribution >= 0.6 is 0 Å². The van der Waals surface area contributed by atoms with Gasteiger partial charge in [0, 0.05) is 31.4 Å². The van der Waals surface area contributed by atoms with E-state index in [4.69, 9.17) is 9.47 Å². The summed E-state index contributed by atoms with van der Waals surface area (Å²) in [6.07, 6.45) is 1.46. The minimum absolute atomic E-state index is 0.131. The van der Waals surface area contributed by atoms with Crippen molar-refractivity contribution >= 4 is 11.7 Å². The predicted octanol–water partition coefficient (Wildman–Crippen LogP) is -0.626. The maximum Gasteiger partial charge on any atom is 0.267 e. The van der Waals surface area contributed by atoms with E-state index < -0.39 is 0 Å². The number of hydrogen-bond acceptors (Lipinski definition) is 8. The first kappa shape index (κ1) is 18.8. The van der Waals surface area contributed by atoms with Gasteiger partial charge in [0.05, 0.1) is 19.8 Å². The lowest BCUT2D eigenvalue weighted by Gasteiger charge is -2.28. The van der Waals surface area contributed by atoms with Gasteiger partial charge in [-0.05, 0) is 13.0 Å². The molecule has 0 unspecified atom stereocenters. The average molecular weight is 374 g/mol. The molecule has 0 radical (unpaired) electrons. The lowest BCUT2D eigenvalue weighted by molar-refractivity contribution is -0.122. The molecule has 144 valence electrons. The fraction of sp³-hybridized carbons (Fsp3) is 0.471. The molecule has 27 heavy (non-hydrogen) atoms. The molecule has 1 aliphatic heterocycles. The Morgan fingerprint density at radius 3 is 2.93 bits per heavy atom. The third-order valence-corrected chi connectivity index (χ3v) is 3.89. The van der Waals surface area contributed by atoms with Crippen LogP contribution in [0.4, 0.5) is 5.82 Å². The van der Waals surface area contributed by atoms with Crippen molar-refractivity contribution in [1.82, 2.24) is 25.1 Å². The van der Waals surface area contributed by atoms with E-state index in [-0.39, 0.29) is 31.2 Å². The maximum atomic E-state index is 11.9. The Labute approximate surface area is 156 Å². The zero-order valence-electron chi connectivity index (χ0n) is 15.1. The molecule has 0 spiro atoms. The second kappa shape index (κ2) is 9.08. The number of carbonyl (C=O) groups excluding carboxylic acids is 1. The van der Waals surface area contributed by atoms with Crippen molar-refractivity contribution in [2.24, 2.45) is 0 Å². The van der Waals surface area contributed by atoms with Crippen molar-refractivity contribution < 1.29 is 14.3 Å². The van der Waals surface area contributed by atoms with Gasteiger partial charge in [0.2, 0.25) is 11.8 Å². The molecule has 2 aromatic rings. The molecule has 1 aliphatic rings. The predicted molar refractivity (Wildman–Crippen MR) is 96.8 cm³/mol. The van der Waals surface area contributed by atoms with Crippen molar-refractivity contribution in [3.05, 3.63) is 40.6 Å². The highest BCUT2D eigenvalue weighted by Crippen LogP contribution is 2.18. The Hall–Kier alpha value is -3.01. The molecule has 0 bridgehead atoms. The molecule has 2 aromatic heterocycles. The number of rotatable bonds is 7. The van der Waals surface area contributed by atoms with E-state index in [1.165, 1.54) is 18.3 Å². The first-order chi connectivity index (χ1) is 13.1. The molecular weight excluding hydrogens is 352 g/mol. The van der Waals surface area contributed by atoms with Crippen molar-refractivity contribution in [3.8, 4) is 5.88 Å². The lowest BCUT2D eigenvalue weighted by Crippen LogP contribution is -2.37. The molecule has 1 N–H and O–H groups in total. The highest BCUT2D eigenvalue weighted by molar-refractivity contribution is 5.75. The molecule has 0 saturated carbocycles. The van der Waals surface area contributed by atoms with E-state index in [2.05, 4.69) is 25.3 Å². The molecule has 10 heteroatoms. The van der Waals surface area contributed by atoms with Crippen LogP contribution in [0.3, 0.4) is 0 Å². The highest BCUT2D eigenvalue weighted by atomic mass is 16.5. The fourth-order valence-electron chi connectivity index (χ4n) is 2.60. The van der Waals surface area contributed by atoms with E-state index in [0.717, 1.165) is 23.6 Å². The first-order valence-electron chi connectivity index (χ1n) is 8.72. The Kier molecular flexibility index (Phi) is 6.31. The highest BCUT2D eigenvalue weighted by Gasteiger charge is 2.14. The summed E-state index contributed by atoms with van der Waals surface area (Å²) in [5, 5.41) is 6.53. The lowest BCUT2D eigenvalue weighted by atomic mass is 10.4. The zero-order valence-corrected chi connectivity index (χ0v) is 15.1. The molecule has 1 saturated heterocycles. The number of ether oxygens (including phenoxy) is 2. The normalized spacial score (nSPS) is 14.0. The summed E-state index contributed by atoms with van der Waals surface area (Å²) in [5.41, 5.74) is -0.323. The van der Waals surface area contributed by atoms with Gasteiger partial charge in [-0.2, -0.15) is 10.1 Å². The average Bonchev–Trinajstić information content (AvgIpc) is 2.67. The monoisotopic (exact) mass is 374 g/mol. The fourth-order valence-corrected chi connectivity index (χ4v) is 2.60. The first-order valence-corrected chi connectivity index (χ1v) is 8.72. The summed E-state index contributed by atoms with van der Waals surface area (Å²) in [4.78, 5) is 34.2. The number of nitrogens with zero attached hydrogens (tertiary/aromatic N) is 5. The number of anilines is 1. The van der Waals surface area contributed by atoms with Crippen molar-refractivity contribution in [2.75, 3.05) is 44.4 Å². The topological polar surface area (TPSA) is 111 Å². The van der Waals surface area contributed by atoms with Crippen LogP contribution in [0, 0.1) is 6.92 Å². The Morgan fingerprint density at radius 2 is 2.15 bits per heavy atom. The third-order valence-electron chi connectivity index (χ3n) is 3.89. The minimum atomic E-state index is -0.323. The SMILES string of the molecule is Cc1nc(OCCNC(=O)Cn2ncccc2=O)cc(N2CCOCC2)n1. The molecule has 3 rings (SSSR count). The molecule has 1 amide bonds. The molecule has 10 nitrogen and oxygen atoms in total. The molecule has 1 fully saturated rings. The quantitative estimate of drug-likeness (QED) is 0.638. The summed E-state index contributed by atoms with van der Waals surface area (Å²) in [5.74, 6) is 1.57. The van der Waals surface area contributed by atoms with Gasteiger partial charge >= 0.3 is 0 Å². The second-order valence-electron chi connectivity index (χ2n) is 5.93. The van der Waals surface area contributed by atoms with Gasteiger partial charge in [0.25, 0.3) is 5.56 Å². The number of morpholine rings is 1. The Morgan fingerprint density at radius 1 is 1.33 bits per heavy atom. The van der Waals surface area contributed by atoms with Gasteiger partial charge in [-0.25, -0.2) is 9.67 Å². The minimum Gasteiger partial charge on any atom is -0.476 e. The van der Waals surface area contributed by atoms with Gasteiger partial charge in [-0.15, -0.1) is 0 Å². The van der Waals surface area contributed by atoms with E-state index >= 15 is 0 Å². The van der Waals surface area contributed by atoms with Gasteiger partial charge < -0.3 is 19.7 Å². The molecule has 3 heterocycles. The molecular formula is C17H22N6O4. The zero-order chi connectivity index (χ0) is 19.1. The summed E-state index contributed by atoms with van der Waals surface area (Å²) in [6, 6.07) is 4.67. The van der Waals surface area contributed by atoms with E-state index in [1.807, 2.05) is 6.92 Å². The summed E-state index contributed by atoms with van der Waals surface area (Å²) in [6.45, 7) is 5.11. The maximum absolute atomic E-state index is 11.9. The molecule has 0 aromatic carbocycles. The summed E-state index contributed by atoms with van der Waals surface area (Å²) in [7, 11) is 0. The van der Waals surface area contributed by atoms with E-state index in [1.54, 1.807) is 6.07 Å². The van der Waals surface area contributed by atoms with Gasteiger partial charge in [0.1, 0.15) is 24.8 Å². The second-order valence-corrected chi connectivity index (χ2v) is 5.93. The van der Waals surface area contributed by atoms with Crippen LogP contribution < -0.4 is 20.5 Å². The number of carbonyl (C=O) groups is 1. The number of amides is 1. The van der Waals surface area contributed by atoms with Crippen LogP contribution in [-0.2, 0) is 16.1 Å². The smallest absolute Gasteiger partial charge is 0.267 e. The van der Waals surface area contributed by atoms with Gasteiger partial charge in [-0.1, -0.05) is 0 Å². The molecule has 0 aliphatic carbocycles. The van der Waals surface area contributed by atoms with Crippen LogP contribution in [0.2, 0.25) is 0 Å². The molecule has 0 atom stereocenters. The third kappa shape index (κ3) is 5.48. The van der Waals surface area contributed by atoms with Crippen LogP contribution in [0.15, 0.2) is 29.2 Å². The number of hydrogen-bond donors (Lipinski definition) is 1. The number of aromatic nitrogens is 4. The van der Waals surface area contributed by atoms with Gasteiger partial charge in [-0.3, -0.25) is 9.59 Å². The van der Waals surface area contributed by atoms with Crippen LogP contribution in [-0.4, -0.2) is 65.1 Å². The number of aryl methyl sites for hydroxylation is 1. The Balaban J connectivity index is 1.47. The van der Waals surface area contributed by atoms with Crippen molar-refractivity contribution in [3.63, 3.8) is 0 Å². The number of nitrogens with one attached hydrogen (secondary N) is 1. The van der Waals surface area contributed by atoms with E-state index in [9.17, 15) is 9.59 Å². The Bertz CT molecular complexity index is 834. The van der Waals surface area contributed by atoms with E-state index in [0.29, 0.717) is 24.9 Å². The van der Waals surface area contributed by atoms with Gasteiger partial charge in [0.15, 0.2) is 0 Å². The summed E-state index contributed by atoms with van der Waals surface area (Å²) < 4.78 is 12.1. The van der Waals surface area contributed by atoms with Crippen LogP contribution in [0.25, 0.3) is 0 Å². The largest absolute Gasteiger partial charge is 0.476 e. The van der Waals surface area contributed by atoms with Crippen LogP contribution in [0.5, 0.6) is 5.88 Å². The van der Waals surface area contributed by atoms with Crippen LogP contribution in [0.1, 0.15) is 5.82 Å².